The standard InChI is InChI=1S/C17H21ClN2OS2/c1-12(23-15-6-4-14(18)5-7-15)17(21)19-10-16(20(2)3)13-8-9-22-11-13/h4-9,11-12,16H,10H2,1-3H3,(H,19,21)/t12-,16+/m1/s1. The largest absolute Gasteiger partial charge is 0.353 e. The first-order chi connectivity index (χ1) is 11.0. The van der Waals surface area contributed by atoms with Crippen molar-refractivity contribution in [3.8, 4) is 0 Å². The number of thioether (sulfide) groups is 1. The molecule has 124 valence electrons. The molecule has 1 heterocycles. The summed E-state index contributed by atoms with van der Waals surface area (Å²) in [4.78, 5) is 15.5. The van der Waals surface area contributed by atoms with E-state index < -0.39 is 0 Å². The molecule has 0 aliphatic heterocycles. The quantitative estimate of drug-likeness (QED) is 0.739. The van der Waals surface area contributed by atoms with Crippen LogP contribution >= 0.6 is 34.7 Å². The average molecular weight is 369 g/mol. The van der Waals surface area contributed by atoms with Gasteiger partial charge in [-0.15, -0.1) is 11.8 Å². The van der Waals surface area contributed by atoms with Crippen LogP contribution in [-0.4, -0.2) is 36.7 Å². The Hall–Kier alpha value is -1.01. The molecule has 0 saturated carbocycles. The molecule has 0 aliphatic rings. The van der Waals surface area contributed by atoms with E-state index in [0.717, 1.165) is 4.90 Å². The Kier molecular flexibility index (Phi) is 6.96. The number of halogens is 1. The Labute approximate surface area is 151 Å². The number of nitrogens with one attached hydrogen (secondary N) is 1. The van der Waals surface area contributed by atoms with Crippen molar-refractivity contribution in [2.45, 2.75) is 23.1 Å². The summed E-state index contributed by atoms with van der Waals surface area (Å²) in [5.74, 6) is 0.0482. The number of nitrogens with zero attached hydrogens (tertiary/aromatic N) is 1. The summed E-state index contributed by atoms with van der Waals surface area (Å²) in [6.45, 7) is 2.53. The molecule has 2 atom stereocenters. The first kappa shape index (κ1) is 18.3. The van der Waals surface area contributed by atoms with Gasteiger partial charge in [0.1, 0.15) is 0 Å². The molecule has 1 amide bonds. The lowest BCUT2D eigenvalue weighted by atomic mass is 10.1. The number of carbonyl (C=O) groups is 1. The molecule has 0 radical (unpaired) electrons. The van der Waals surface area contributed by atoms with E-state index in [1.807, 2.05) is 45.3 Å². The van der Waals surface area contributed by atoms with E-state index in [-0.39, 0.29) is 17.2 Å². The van der Waals surface area contributed by atoms with Crippen LogP contribution in [0.15, 0.2) is 46.0 Å². The number of likely N-dealkylation sites (N-methyl/N-ethyl adjacent to an activating group) is 1. The van der Waals surface area contributed by atoms with Gasteiger partial charge in [0.15, 0.2) is 0 Å². The van der Waals surface area contributed by atoms with Crippen molar-refractivity contribution in [2.75, 3.05) is 20.6 Å². The number of rotatable bonds is 7. The SMILES string of the molecule is C[C@@H](Sc1ccc(Cl)cc1)C(=O)NC[C@@H](c1ccsc1)N(C)C. The number of amides is 1. The van der Waals surface area contributed by atoms with Crippen molar-refractivity contribution >= 4 is 40.6 Å². The molecule has 0 fully saturated rings. The molecule has 0 bridgehead atoms. The van der Waals surface area contributed by atoms with Gasteiger partial charge in [-0.1, -0.05) is 11.6 Å². The third-order valence-corrected chi connectivity index (χ3v) is 5.58. The second kappa shape index (κ2) is 8.73. The Balaban J connectivity index is 1.88. The summed E-state index contributed by atoms with van der Waals surface area (Å²) in [5, 5.41) is 7.80. The summed E-state index contributed by atoms with van der Waals surface area (Å²) in [5.41, 5.74) is 1.23. The molecule has 0 spiro atoms. The van der Waals surface area contributed by atoms with Crippen LogP contribution in [0, 0.1) is 0 Å². The van der Waals surface area contributed by atoms with E-state index in [2.05, 4.69) is 27.0 Å². The van der Waals surface area contributed by atoms with Crippen LogP contribution in [0.4, 0.5) is 0 Å². The third-order valence-electron chi connectivity index (χ3n) is 3.52. The maximum absolute atomic E-state index is 12.3. The zero-order chi connectivity index (χ0) is 16.8. The Morgan fingerprint density at radius 1 is 1.30 bits per heavy atom. The van der Waals surface area contributed by atoms with Gasteiger partial charge in [0.25, 0.3) is 0 Å². The van der Waals surface area contributed by atoms with E-state index in [9.17, 15) is 4.79 Å². The van der Waals surface area contributed by atoms with E-state index in [1.165, 1.54) is 17.3 Å². The van der Waals surface area contributed by atoms with Crippen LogP contribution in [0.2, 0.25) is 5.02 Å². The van der Waals surface area contributed by atoms with Gasteiger partial charge in [0.2, 0.25) is 5.91 Å². The number of hydrogen-bond acceptors (Lipinski definition) is 4. The molecule has 0 unspecified atom stereocenters. The number of hydrogen-bond donors (Lipinski definition) is 1. The monoisotopic (exact) mass is 368 g/mol. The van der Waals surface area contributed by atoms with Gasteiger partial charge in [0, 0.05) is 16.5 Å². The molecule has 23 heavy (non-hydrogen) atoms. The van der Waals surface area contributed by atoms with Gasteiger partial charge in [0.05, 0.1) is 11.3 Å². The second-order valence-electron chi connectivity index (χ2n) is 5.50. The second-order valence-corrected chi connectivity index (χ2v) is 8.13. The van der Waals surface area contributed by atoms with Gasteiger partial charge >= 0.3 is 0 Å². The van der Waals surface area contributed by atoms with Crippen LogP contribution < -0.4 is 5.32 Å². The molecule has 1 aromatic carbocycles. The molecular weight excluding hydrogens is 348 g/mol. The van der Waals surface area contributed by atoms with Crippen LogP contribution in [0.3, 0.4) is 0 Å². The molecule has 1 aromatic heterocycles. The van der Waals surface area contributed by atoms with Crippen molar-refractivity contribution < 1.29 is 4.79 Å². The van der Waals surface area contributed by atoms with Crippen molar-refractivity contribution in [3.63, 3.8) is 0 Å². The van der Waals surface area contributed by atoms with E-state index in [4.69, 9.17) is 11.6 Å². The number of carbonyl (C=O) groups excluding carboxylic acids is 1. The summed E-state index contributed by atoms with van der Waals surface area (Å²) >= 11 is 9.09. The molecule has 3 nitrogen and oxygen atoms in total. The zero-order valence-electron chi connectivity index (χ0n) is 13.5. The molecule has 6 heteroatoms. The van der Waals surface area contributed by atoms with Crippen molar-refractivity contribution in [3.05, 3.63) is 51.7 Å². The fourth-order valence-electron chi connectivity index (χ4n) is 2.17. The van der Waals surface area contributed by atoms with Gasteiger partial charge in [-0.25, -0.2) is 0 Å². The van der Waals surface area contributed by atoms with Crippen molar-refractivity contribution in [1.29, 1.82) is 0 Å². The maximum Gasteiger partial charge on any atom is 0.233 e. The molecule has 0 saturated heterocycles. The van der Waals surface area contributed by atoms with Crippen LogP contribution in [0.25, 0.3) is 0 Å². The number of benzene rings is 1. The highest BCUT2D eigenvalue weighted by Crippen LogP contribution is 2.25. The fourth-order valence-corrected chi connectivity index (χ4v) is 3.90. The molecule has 1 N–H and O–H groups in total. The smallest absolute Gasteiger partial charge is 0.233 e. The lowest BCUT2D eigenvalue weighted by Gasteiger charge is -2.24. The molecule has 2 rings (SSSR count). The highest BCUT2D eigenvalue weighted by Gasteiger charge is 2.19. The molecule has 2 aromatic rings. The van der Waals surface area contributed by atoms with Crippen molar-refractivity contribution in [1.82, 2.24) is 10.2 Å². The maximum atomic E-state index is 12.3. The first-order valence-electron chi connectivity index (χ1n) is 7.36. The summed E-state index contributed by atoms with van der Waals surface area (Å²) in [6.07, 6.45) is 0. The third kappa shape index (κ3) is 5.53. The lowest BCUT2D eigenvalue weighted by molar-refractivity contribution is -0.120. The molecule has 0 aliphatic carbocycles. The minimum atomic E-state index is -0.151. The van der Waals surface area contributed by atoms with Gasteiger partial charge in [-0.2, -0.15) is 11.3 Å². The lowest BCUT2D eigenvalue weighted by Crippen LogP contribution is -2.37. The predicted octanol–water partition coefficient (Wildman–Crippen LogP) is 4.30. The molecular formula is C17H21ClN2OS2. The van der Waals surface area contributed by atoms with Gasteiger partial charge in [-0.3, -0.25) is 4.79 Å². The number of thiophene rings is 1. The summed E-state index contributed by atoms with van der Waals surface area (Å²) in [7, 11) is 4.06. The predicted molar refractivity (Wildman–Crippen MR) is 101 cm³/mol. The highest BCUT2D eigenvalue weighted by molar-refractivity contribution is 8.00. The Morgan fingerprint density at radius 2 is 2.00 bits per heavy atom. The fraction of sp³-hybridized carbons (Fsp3) is 0.353. The zero-order valence-corrected chi connectivity index (χ0v) is 15.8. The topological polar surface area (TPSA) is 32.3 Å². The minimum Gasteiger partial charge on any atom is -0.353 e. The summed E-state index contributed by atoms with van der Waals surface area (Å²) in [6, 6.07) is 9.85. The minimum absolute atomic E-state index is 0.0482. The highest BCUT2D eigenvalue weighted by atomic mass is 35.5. The summed E-state index contributed by atoms with van der Waals surface area (Å²) < 4.78 is 0. The Morgan fingerprint density at radius 3 is 2.57 bits per heavy atom. The van der Waals surface area contributed by atoms with Crippen LogP contribution in [0.1, 0.15) is 18.5 Å². The van der Waals surface area contributed by atoms with E-state index in [1.54, 1.807) is 11.3 Å². The van der Waals surface area contributed by atoms with Crippen molar-refractivity contribution in [2.24, 2.45) is 0 Å². The van der Waals surface area contributed by atoms with Crippen LogP contribution in [0.5, 0.6) is 0 Å². The van der Waals surface area contributed by atoms with E-state index >= 15 is 0 Å². The normalized spacial score (nSPS) is 13.8. The van der Waals surface area contributed by atoms with Gasteiger partial charge < -0.3 is 10.2 Å². The average Bonchev–Trinajstić information content (AvgIpc) is 3.03. The van der Waals surface area contributed by atoms with Crippen LogP contribution in [-0.2, 0) is 4.79 Å². The Bertz CT molecular complexity index is 614. The van der Waals surface area contributed by atoms with Gasteiger partial charge in [-0.05, 0) is 67.7 Å². The first-order valence-corrected chi connectivity index (χ1v) is 9.56. The van der Waals surface area contributed by atoms with E-state index in [0.29, 0.717) is 11.6 Å².